The Morgan fingerprint density at radius 1 is 1.48 bits per heavy atom. The van der Waals surface area contributed by atoms with Gasteiger partial charge in [-0.15, -0.1) is 11.3 Å². The number of carbonyl (C=O) groups is 1. The smallest absolute Gasteiger partial charge is 0.226 e. The number of carbonyl (C=O) groups excluding carboxylic acids is 1. The summed E-state index contributed by atoms with van der Waals surface area (Å²) in [5, 5.41) is 6.78. The predicted octanol–water partition coefficient (Wildman–Crippen LogP) is 3.20. The maximum Gasteiger partial charge on any atom is 0.226 e. The van der Waals surface area contributed by atoms with Gasteiger partial charge in [0.2, 0.25) is 5.91 Å². The van der Waals surface area contributed by atoms with Crippen LogP contribution < -0.4 is 10.6 Å². The van der Waals surface area contributed by atoms with Crippen molar-refractivity contribution in [1.82, 2.24) is 10.3 Å². The number of amides is 1. The van der Waals surface area contributed by atoms with Gasteiger partial charge in [0.15, 0.2) is 5.13 Å². The van der Waals surface area contributed by atoms with Crippen molar-refractivity contribution in [1.29, 1.82) is 0 Å². The summed E-state index contributed by atoms with van der Waals surface area (Å²) in [5.74, 6) is 0.395. The van der Waals surface area contributed by atoms with Crippen molar-refractivity contribution in [2.45, 2.75) is 25.7 Å². The van der Waals surface area contributed by atoms with E-state index in [9.17, 15) is 9.18 Å². The standard InChI is InChI=1S/C17H20FN3OS/c18-14-3-1-2-13(8-14)9-15-11-20-17(23-15)21-16(22)5-4-12-6-7-19-10-12/h1-3,8,11-12,19H,4-7,9-10H2,(H,20,21,22). The molecule has 0 spiro atoms. The number of nitrogens with one attached hydrogen (secondary N) is 2. The third-order valence-electron chi connectivity index (χ3n) is 4.01. The van der Waals surface area contributed by atoms with Crippen LogP contribution in [0.15, 0.2) is 30.5 Å². The highest BCUT2D eigenvalue weighted by Gasteiger charge is 2.16. The second-order valence-corrected chi connectivity index (χ2v) is 7.00. The maximum atomic E-state index is 13.2. The fraction of sp³-hybridized carbons (Fsp3) is 0.412. The Balaban J connectivity index is 1.49. The molecule has 1 amide bonds. The van der Waals surface area contributed by atoms with Crippen LogP contribution in [0.1, 0.15) is 29.7 Å². The van der Waals surface area contributed by atoms with Gasteiger partial charge >= 0.3 is 0 Å². The third-order valence-corrected chi connectivity index (χ3v) is 4.92. The highest BCUT2D eigenvalue weighted by atomic mass is 32.1. The second-order valence-electron chi connectivity index (χ2n) is 5.88. The molecule has 3 rings (SSSR count). The summed E-state index contributed by atoms with van der Waals surface area (Å²) in [4.78, 5) is 17.2. The molecule has 1 aliphatic rings. The van der Waals surface area contributed by atoms with E-state index in [2.05, 4.69) is 15.6 Å². The van der Waals surface area contributed by atoms with Crippen LogP contribution >= 0.6 is 11.3 Å². The number of thiazole rings is 1. The van der Waals surface area contributed by atoms with Crippen LogP contribution in [0.25, 0.3) is 0 Å². The lowest BCUT2D eigenvalue weighted by Crippen LogP contribution is -2.14. The van der Waals surface area contributed by atoms with Gasteiger partial charge in [0, 0.05) is 23.9 Å². The summed E-state index contributed by atoms with van der Waals surface area (Å²) in [6.07, 6.45) is 4.97. The van der Waals surface area contributed by atoms with Crippen molar-refractivity contribution in [2.75, 3.05) is 18.4 Å². The SMILES string of the molecule is O=C(CCC1CCNC1)Nc1ncc(Cc2cccc(F)c2)s1. The minimum atomic E-state index is -0.234. The molecule has 0 aliphatic carbocycles. The number of aromatic nitrogens is 1. The molecule has 2 aromatic rings. The molecule has 2 N–H and O–H groups in total. The fourth-order valence-electron chi connectivity index (χ4n) is 2.77. The van der Waals surface area contributed by atoms with Crippen molar-refractivity contribution < 1.29 is 9.18 Å². The Morgan fingerprint density at radius 3 is 3.17 bits per heavy atom. The first-order valence-corrected chi connectivity index (χ1v) is 8.70. The van der Waals surface area contributed by atoms with Crippen LogP contribution in [0.5, 0.6) is 0 Å². The minimum absolute atomic E-state index is 0.0172. The largest absolute Gasteiger partial charge is 0.316 e. The molecule has 122 valence electrons. The molecule has 2 heterocycles. The average Bonchev–Trinajstić information content (AvgIpc) is 3.17. The van der Waals surface area contributed by atoms with Gasteiger partial charge in [0.1, 0.15) is 5.82 Å². The molecule has 0 radical (unpaired) electrons. The predicted molar refractivity (Wildman–Crippen MR) is 90.2 cm³/mol. The lowest BCUT2D eigenvalue weighted by molar-refractivity contribution is -0.116. The van der Waals surface area contributed by atoms with E-state index in [0.717, 1.165) is 36.4 Å². The van der Waals surface area contributed by atoms with Gasteiger partial charge in [-0.05, 0) is 49.5 Å². The molecule has 1 aliphatic heterocycles. The van der Waals surface area contributed by atoms with Gasteiger partial charge < -0.3 is 10.6 Å². The Bertz CT molecular complexity index is 667. The Morgan fingerprint density at radius 2 is 2.39 bits per heavy atom. The highest BCUT2D eigenvalue weighted by molar-refractivity contribution is 7.15. The molecule has 0 bridgehead atoms. The van der Waals surface area contributed by atoms with Gasteiger partial charge in [-0.1, -0.05) is 12.1 Å². The third kappa shape index (κ3) is 4.84. The first-order valence-electron chi connectivity index (χ1n) is 7.89. The maximum absolute atomic E-state index is 13.2. The molecule has 1 atom stereocenters. The summed E-state index contributed by atoms with van der Waals surface area (Å²) in [6.45, 7) is 2.07. The number of halogens is 1. The molecular weight excluding hydrogens is 313 g/mol. The summed E-state index contributed by atoms with van der Waals surface area (Å²) in [7, 11) is 0. The lowest BCUT2D eigenvalue weighted by atomic mass is 10.0. The molecule has 1 aromatic carbocycles. The van der Waals surface area contributed by atoms with Gasteiger partial charge in [0.05, 0.1) is 0 Å². The Hall–Kier alpha value is -1.79. The second kappa shape index (κ2) is 7.66. The van der Waals surface area contributed by atoms with Crippen molar-refractivity contribution in [3.05, 3.63) is 46.7 Å². The number of benzene rings is 1. The van der Waals surface area contributed by atoms with E-state index >= 15 is 0 Å². The fourth-order valence-corrected chi connectivity index (χ4v) is 3.64. The van der Waals surface area contributed by atoms with Crippen LogP contribution in [-0.4, -0.2) is 24.0 Å². The topological polar surface area (TPSA) is 54.0 Å². The number of hydrogen-bond acceptors (Lipinski definition) is 4. The van der Waals surface area contributed by atoms with E-state index in [0.29, 0.717) is 23.9 Å². The van der Waals surface area contributed by atoms with Crippen molar-refractivity contribution in [2.24, 2.45) is 5.92 Å². The van der Waals surface area contributed by atoms with E-state index in [1.807, 2.05) is 6.07 Å². The van der Waals surface area contributed by atoms with E-state index < -0.39 is 0 Å². The number of anilines is 1. The zero-order valence-corrected chi connectivity index (χ0v) is 13.7. The van der Waals surface area contributed by atoms with E-state index in [-0.39, 0.29) is 11.7 Å². The molecule has 1 saturated heterocycles. The van der Waals surface area contributed by atoms with Gasteiger partial charge in [-0.25, -0.2) is 9.37 Å². The molecule has 6 heteroatoms. The minimum Gasteiger partial charge on any atom is -0.316 e. The molecular formula is C17H20FN3OS. The van der Waals surface area contributed by atoms with Crippen molar-refractivity contribution in [3.8, 4) is 0 Å². The van der Waals surface area contributed by atoms with Crippen molar-refractivity contribution in [3.63, 3.8) is 0 Å². The van der Waals surface area contributed by atoms with Crippen molar-refractivity contribution >= 4 is 22.4 Å². The lowest BCUT2D eigenvalue weighted by Gasteiger charge is -2.06. The highest BCUT2D eigenvalue weighted by Crippen LogP contribution is 2.22. The molecule has 0 saturated carbocycles. The summed E-state index contributed by atoms with van der Waals surface area (Å²) in [5.41, 5.74) is 0.903. The monoisotopic (exact) mass is 333 g/mol. The van der Waals surface area contributed by atoms with Crippen LogP contribution in [0.3, 0.4) is 0 Å². The Kier molecular flexibility index (Phi) is 5.35. The van der Waals surface area contributed by atoms with Gasteiger partial charge in [0.25, 0.3) is 0 Å². The molecule has 4 nitrogen and oxygen atoms in total. The number of rotatable bonds is 6. The zero-order chi connectivity index (χ0) is 16.1. The summed E-state index contributed by atoms with van der Waals surface area (Å²) in [6, 6.07) is 6.54. The first kappa shape index (κ1) is 16.1. The Labute approximate surface area is 139 Å². The molecule has 1 unspecified atom stereocenters. The molecule has 1 fully saturated rings. The number of hydrogen-bond donors (Lipinski definition) is 2. The normalized spacial score (nSPS) is 17.3. The quantitative estimate of drug-likeness (QED) is 0.853. The van der Waals surface area contributed by atoms with E-state index in [1.165, 1.54) is 23.5 Å². The van der Waals surface area contributed by atoms with E-state index in [4.69, 9.17) is 0 Å². The van der Waals surface area contributed by atoms with Gasteiger partial charge in [-0.3, -0.25) is 4.79 Å². The van der Waals surface area contributed by atoms with Gasteiger partial charge in [-0.2, -0.15) is 0 Å². The van der Waals surface area contributed by atoms with Crippen LogP contribution in [0, 0.1) is 11.7 Å². The van der Waals surface area contributed by atoms with Crippen LogP contribution in [0.2, 0.25) is 0 Å². The number of nitrogens with zero attached hydrogens (tertiary/aromatic N) is 1. The van der Waals surface area contributed by atoms with Crippen LogP contribution in [-0.2, 0) is 11.2 Å². The zero-order valence-electron chi connectivity index (χ0n) is 12.8. The molecule has 1 aromatic heterocycles. The average molecular weight is 333 g/mol. The first-order chi connectivity index (χ1) is 11.2. The summed E-state index contributed by atoms with van der Waals surface area (Å²) < 4.78 is 13.2. The molecule has 23 heavy (non-hydrogen) atoms. The van der Waals surface area contributed by atoms with Crippen LogP contribution in [0.4, 0.5) is 9.52 Å². The summed E-state index contributed by atoms with van der Waals surface area (Å²) >= 11 is 1.44. The van der Waals surface area contributed by atoms with E-state index in [1.54, 1.807) is 12.3 Å².